The number of hydrogen-bond donors (Lipinski definition) is 1. The molecule has 5 nitrogen and oxygen atoms in total. The number of rotatable bonds is 4. The Bertz CT molecular complexity index is 678. The van der Waals surface area contributed by atoms with Gasteiger partial charge in [0.05, 0.1) is 6.04 Å². The van der Waals surface area contributed by atoms with E-state index in [1.165, 1.54) is 17.4 Å². The lowest BCUT2D eigenvalue weighted by Crippen LogP contribution is -2.50. The smallest absolute Gasteiger partial charge is 0.312 e. The molecule has 0 bridgehead atoms. The monoisotopic (exact) mass is 354 g/mol. The Balaban J connectivity index is 1.59. The Morgan fingerprint density at radius 2 is 1.69 bits per heavy atom. The van der Waals surface area contributed by atoms with Gasteiger partial charge in [0.2, 0.25) is 0 Å². The van der Waals surface area contributed by atoms with Crippen molar-refractivity contribution >= 4 is 23.7 Å². The number of nitrogens with one attached hydrogen (secondary N) is 1. The summed E-state index contributed by atoms with van der Waals surface area (Å²) < 4.78 is 0. The van der Waals surface area contributed by atoms with Gasteiger partial charge < -0.3 is 10.2 Å². The van der Waals surface area contributed by atoms with Gasteiger partial charge in [0.15, 0.2) is 5.78 Å². The van der Waals surface area contributed by atoms with E-state index in [2.05, 4.69) is 5.32 Å². The summed E-state index contributed by atoms with van der Waals surface area (Å²) >= 11 is 0. The van der Waals surface area contributed by atoms with Gasteiger partial charge in [-0.1, -0.05) is 55.7 Å². The molecule has 2 aliphatic rings. The molecule has 2 amide bonds. The fourth-order valence-electron chi connectivity index (χ4n) is 3.78. The highest BCUT2D eigenvalue weighted by atomic mass is 16.2. The maximum atomic E-state index is 12.5. The molecule has 26 heavy (non-hydrogen) atoms. The van der Waals surface area contributed by atoms with Crippen LogP contribution in [0.15, 0.2) is 36.4 Å². The maximum Gasteiger partial charge on any atom is 0.312 e. The van der Waals surface area contributed by atoms with Crippen LogP contribution in [0.4, 0.5) is 0 Å². The van der Waals surface area contributed by atoms with Crippen LogP contribution in [0.1, 0.15) is 50.5 Å². The minimum absolute atomic E-state index is 0.0925. The van der Waals surface area contributed by atoms with Crippen molar-refractivity contribution in [2.45, 2.75) is 57.0 Å². The third-order valence-electron chi connectivity index (χ3n) is 5.22. The van der Waals surface area contributed by atoms with E-state index in [1.54, 1.807) is 6.08 Å². The van der Waals surface area contributed by atoms with E-state index in [4.69, 9.17) is 0 Å². The molecule has 5 heteroatoms. The highest BCUT2D eigenvalue weighted by Gasteiger charge is 2.36. The summed E-state index contributed by atoms with van der Waals surface area (Å²) in [6.45, 7) is 0.465. The lowest BCUT2D eigenvalue weighted by molar-refractivity contribution is -0.148. The Kier molecular flexibility index (Phi) is 6.21. The molecule has 138 valence electrons. The van der Waals surface area contributed by atoms with Crippen molar-refractivity contribution in [2.75, 3.05) is 6.54 Å². The van der Waals surface area contributed by atoms with Gasteiger partial charge in [-0.15, -0.1) is 0 Å². The minimum Gasteiger partial charge on any atom is -0.345 e. The van der Waals surface area contributed by atoms with E-state index in [-0.39, 0.29) is 11.8 Å². The predicted molar refractivity (Wildman–Crippen MR) is 100 cm³/mol. The van der Waals surface area contributed by atoms with Gasteiger partial charge in [-0.05, 0) is 37.3 Å². The highest BCUT2D eigenvalue weighted by molar-refractivity contribution is 6.35. The second-order valence-electron chi connectivity index (χ2n) is 7.11. The molecule has 1 aliphatic carbocycles. The molecular formula is C21H26N2O3. The number of amides is 2. The summed E-state index contributed by atoms with van der Waals surface area (Å²) in [5.74, 6) is -1.26. The summed E-state index contributed by atoms with van der Waals surface area (Å²) in [6, 6.07) is 9.13. The summed E-state index contributed by atoms with van der Waals surface area (Å²) in [4.78, 5) is 38.8. The Morgan fingerprint density at radius 3 is 2.42 bits per heavy atom. The quantitative estimate of drug-likeness (QED) is 0.668. The summed E-state index contributed by atoms with van der Waals surface area (Å²) in [7, 11) is 0. The van der Waals surface area contributed by atoms with Crippen LogP contribution in [0, 0.1) is 0 Å². The first-order valence-corrected chi connectivity index (χ1v) is 9.53. The molecule has 1 aliphatic heterocycles. The SMILES string of the molecule is O=C(NC1CCCCC1)C(=O)N1CCCC1C(=O)/C=C/c1ccccc1. The van der Waals surface area contributed by atoms with Crippen molar-refractivity contribution in [3.8, 4) is 0 Å². The normalized spacial score (nSPS) is 21.1. The Hall–Kier alpha value is -2.43. The summed E-state index contributed by atoms with van der Waals surface area (Å²) in [6.07, 6.45) is 9.87. The van der Waals surface area contributed by atoms with Gasteiger partial charge in [0, 0.05) is 12.6 Å². The van der Waals surface area contributed by atoms with E-state index >= 15 is 0 Å². The molecule has 1 aromatic carbocycles. The first-order valence-electron chi connectivity index (χ1n) is 9.53. The number of carbonyl (C=O) groups is 3. The van der Waals surface area contributed by atoms with Gasteiger partial charge in [-0.25, -0.2) is 0 Å². The van der Waals surface area contributed by atoms with Crippen LogP contribution >= 0.6 is 0 Å². The van der Waals surface area contributed by atoms with Crippen molar-refractivity contribution in [2.24, 2.45) is 0 Å². The molecule has 1 heterocycles. The number of benzene rings is 1. The van der Waals surface area contributed by atoms with Gasteiger partial charge in [0.25, 0.3) is 0 Å². The number of hydrogen-bond acceptors (Lipinski definition) is 3. The number of ketones is 1. The Morgan fingerprint density at radius 1 is 0.962 bits per heavy atom. The van der Waals surface area contributed by atoms with Crippen molar-refractivity contribution < 1.29 is 14.4 Å². The zero-order valence-corrected chi connectivity index (χ0v) is 15.0. The van der Waals surface area contributed by atoms with E-state index in [0.29, 0.717) is 13.0 Å². The molecule has 1 saturated carbocycles. The van der Waals surface area contributed by atoms with Crippen molar-refractivity contribution in [1.82, 2.24) is 10.2 Å². The first-order chi connectivity index (χ1) is 12.6. The third-order valence-corrected chi connectivity index (χ3v) is 5.22. The van der Waals surface area contributed by atoms with Gasteiger partial charge in [-0.2, -0.15) is 0 Å². The van der Waals surface area contributed by atoms with Crippen LogP contribution in [0.5, 0.6) is 0 Å². The number of carbonyl (C=O) groups excluding carboxylic acids is 3. The zero-order valence-electron chi connectivity index (χ0n) is 15.0. The first kappa shape index (κ1) is 18.4. The van der Waals surface area contributed by atoms with E-state index in [0.717, 1.165) is 37.7 Å². The van der Waals surface area contributed by atoms with Crippen LogP contribution < -0.4 is 5.32 Å². The number of likely N-dealkylation sites (tertiary alicyclic amines) is 1. The molecule has 1 saturated heterocycles. The van der Waals surface area contributed by atoms with E-state index < -0.39 is 17.9 Å². The molecule has 0 radical (unpaired) electrons. The molecule has 2 fully saturated rings. The van der Waals surface area contributed by atoms with Crippen molar-refractivity contribution in [3.63, 3.8) is 0 Å². The van der Waals surface area contributed by atoms with Crippen molar-refractivity contribution in [1.29, 1.82) is 0 Å². The number of nitrogens with zero attached hydrogens (tertiary/aromatic N) is 1. The third kappa shape index (κ3) is 4.59. The topological polar surface area (TPSA) is 66.5 Å². The predicted octanol–water partition coefficient (Wildman–Crippen LogP) is 2.71. The summed E-state index contributed by atoms with van der Waals surface area (Å²) in [5.41, 5.74) is 0.937. The van der Waals surface area contributed by atoms with Crippen LogP contribution in [-0.2, 0) is 14.4 Å². The molecule has 0 aromatic heterocycles. The van der Waals surface area contributed by atoms with Gasteiger partial charge >= 0.3 is 11.8 Å². The van der Waals surface area contributed by atoms with Crippen LogP contribution in [-0.4, -0.2) is 41.1 Å². The summed E-state index contributed by atoms with van der Waals surface area (Å²) in [5, 5.41) is 2.85. The molecular weight excluding hydrogens is 328 g/mol. The second-order valence-corrected chi connectivity index (χ2v) is 7.11. The van der Waals surface area contributed by atoms with Gasteiger partial charge in [-0.3, -0.25) is 14.4 Å². The van der Waals surface area contributed by atoms with Crippen LogP contribution in [0.2, 0.25) is 0 Å². The maximum absolute atomic E-state index is 12.5. The average Bonchev–Trinajstić information content (AvgIpc) is 3.17. The fraction of sp³-hybridized carbons (Fsp3) is 0.476. The molecule has 1 atom stereocenters. The fourth-order valence-corrected chi connectivity index (χ4v) is 3.78. The lowest BCUT2D eigenvalue weighted by Gasteiger charge is -2.26. The standard InChI is InChI=1S/C21H26N2O3/c24-19(14-13-16-8-3-1-4-9-16)18-12-7-15-23(18)21(26)20(25)22-17-10-5-2-6-11-17/h1,3-4,8-9,13-14,17-18H,2,5-7,10-12,15H2,(H,22,25)/b14-13+. The second kappa shape index (κ2) is 8.79. The molecule has 1 aromatic rings. The van der Waals surface area contributed by atoms with E-state index in [9.17, 15) is 14.4 Å². The van der Waals surface area contributed by atoms with Crippen LogP contribution in [0.3, 0.4) is 0 Å². The van der Waals surface area contributed by atoms with Gasteiger partial charge in [0.1, 0.15) is 0 Å². The largest absolute Gasteiger partial charge is 0.345 e. The van der Waals surface area contributed by atoms with E-state index in [1.807, 2.05) is 30.3 Å². The average molecular weight is 354 g/mol. The Labute approximate surface area is 154 Å². The molecule has 3 rings (SSSR count). The molecule has 1 N–H and O–H groups in total. The lowest BCUT2D eigenvalue weighted by atomic mass is 9.95. The molecule has 1 unspecified atom stereocenters. The highest BCUT2D eigenvalue weighted by Crippen LogP contribution is 2.20. The van der Waals surface area contributed by atoms with Crippen molar-refractivity contribution in [3.05, 3.63) is 42.0 Å². The molecule has 0 spiro atoms. The minimum atomic E-state index is -0.570. The zero-order chi connectivity index (χ0) is 18.4. The van der Waals surface area contributed by atoms with Crippen LogP contribution in [0.25, 0.3) is 6.08 Å².